The van der Waals surface area contributed by atoms with E-state index in [0.717, 1.165) is 32.0 Å². The summed E-state index contributed by atoms with van der Waals surface area (Å²) in [6.45, 7) is 11.2. The van der Waals surface area contributed by atoms with E-state index in [1.165, 1.54) is 6.42 Å². The van der Waals surface area contributed by atoms with E-state index >= 15 is 0 Å². The van der Waals surface area contributed by atoms with Crippen LogP contribution in [-0.2, 0) is 4.79 Å². The molecular formula is C14H28N2O2. The van der Waals surface area contributed by atoms with Crippen molar-refractivity contribution < 1.29 is 9.90 Å². The highest BCUT2D eigenvalue weighted by Crippen LogP contribution is 2.23. The summed E-state index contributed by atoms with van der Waals surface area (Å²) in [5.74, 6) is 0.00202. The minimum absolute atomic E-state index is 0.320. The zero-order valence-electron chi connectivity index (χ0n) is 12.2. The summed E-state index contributed by atoms with van der Waals surface area (Å²) in [7, 11) is 0. The van der Waals surface area contributed by atoms with Crippen molar-refractivity contribution in [3.8, 4) is 0 Å². The minimum atomic E-state index is -0.804. The van der Waals surface area contributed by atoms with E-state index in [0.29, 0.717) is 12.5 Å². The van der Waals surface area contributed by atoms with Gasteiger partial charge in [0.25, 0.3) is 0 Å². The van der Waals surface area contributed by atoms with Crippen molar-refractivity contribution >= 4 is 5.97 Å². The average molecular weight is 256 g/mol. The Labute approximate surface area is 111 Å². The van der Waals surface area contributed by atoms with Crippen LogP contribution in [0.15, 0.2) is 0 Å². The molecule has 0 saturated carbocycles. The molecule has 1 aliphatic rings. The molecule has 106 valence electrons. The second-order valence-electron chi connectivity index (χ2n) is 6.01. The first-order valence-electron chi connectivity index (χ1n) is 7.11. The highest BCUT2D eigenvalue weighted by Gasteiger charge is 2.36. The smallest absolute Gasteiger partial charge is 0.323 e. The van der Waals surface area contributed by atoms with Gasteiger partial charge in [0, 0.05) is 12.6 Å². The Hall–Kier alpha value is -0.610. The molecule has 4 nitrogen and oxygen atoms in total. The van der Waals surface area contributed by atoms with Gasteiger partial charge < -0.3 is 15.3 Å². The highest BCUT2D eigenvalue weighted by atomic mass is 16.4. The van der Waals surface area contributed by atoms with Crippen LogP contribution in [0.25, 0.3) is 0 Å². The molecule has 1 aliphatic heterocycles. The molecule has 0 aromatic heterocycles. The van der Waals surface area contributed by atoms with E-state index in [2.05, 4.69) is 31.0 Å². The number of hydrogen-bond donors (Lipinski definition) is 2. The Balaban J connectivity index is 2.57. The zero-order chi connectivity index (χ0) is 13.8. The van der Waals surface area contributed by atoms with Crippen LogP contribution in [0.4, 0.5) is 0 Å². The van der Waals surface area contributed by atoms with E-state index in [1.807, 2.05) is 0 Å². The third kappa shape index (κ3) is 3.95. The largest absolute Gasteiger partial charge is 0.480 e. The van der Waals surface area contributed by atoms with Gasteiger partial charge >= 0.3 is 5.97 Å². The number of carboxylic acid groups (broad SMARTS) is 1. The predicted octanol–water partition coefficient (Wildman–Crippen LogP) is 1.95. The topological polar surface area (TPSA) is 52.6 Å². The molecule has 1 rings (SSSR count). The van der Waals surface area contributed by atoms with Gasteiger partial charge in [0.15, 0.2) is 0 Å². The van der Waals surface area contributed by atoms with Crippen LogP contribution in [0.5, 0.6) is 0 Å². The highest BCUT2D eigenvalue weighted by molar-refractivity contribution is 5.78. The minimum Gasteiger partial charge on any atom is -0.480 e. The fourth-order valence-corrected chi connectivity index (χ4v) is 2.73. The van der Waals surface area contributed by atoms with Gasteiger partial charge in [-0.1, -0.05) is 13.8 Å². The second kappa shape index (κ2) is 6.53. The van der Waals surface area contributed by atoms with Crippen molar-refractivity contribution in [1.82, 2.24) is 10.2 Å². The van der Waals surface area contributed by atoms with Gasteiger partial charge in [0.2, 0.25) is 0 Å². The Morgan fingerprint density at radius 2 is 2.28 bits per heavy atom. The van der Waals surface area contributed by atoms with Crippen LogP contribution in [0.2, 0.25) is 0 Å². The molecule has 3 atom stereocenters. The third-order valence-electron chi connectivity index (χ3n) is 4.02. The first kappa shape index (κ1) is 15.4. The Morgan fingerprint density at radius 1 is 1.61 bits per heavy atom. The van der Waals surface area contributed by atoms with Crippen molar-refractivity contribution in [3.05, 3.63) is 0 Å². The summed E-state index contributed by atoms with van der Waals surface area (Å²) in [4.78, 5) is 13.9. The maximum absolute atomic E-state index is 11.5. The fourth-order valence-electron chi connectivity index (χ4n) is 2.73. The number of carboxylic acids is 1. The van der Waals surface area contributed by atoms with E-state index in [-0.39, 0.29) is 0 Å². The second-order valence-corrected chi connectivity index (χ2v) is 6.01. The lowest BCUT2D eigenvalue weighted by atomic mass is 9.92. The zero-order valence-corrected chi connectivity index (χ0v) is 12.2. The lowest BCUT2D eigenvalue weighted by molar-refractivity contribution is -0.145. The normalized spacial score (nSPS) is 25.9. The molecule has 0 aromatic rings. The average Bonchev–Trinajstić information content (AvgIpc) is 2.73. The van der Waals surface area contributed by atoms with Crippen LogP contribution < -0.4 is 5.32 Å². The van der Waals surface area contributed by atoms with E-state index < -0.39 is 11.5 Å². The first-order valence-corrected chi connectivity index (χ1v) is 7.11. The predicted molar refractivity (Wildman–Crippen MR) is 73.8 cm³/mol. The molecule has 3 unspecified atom stereocenters. The first-order chi connectivity index (χ1) is 8.39. The van der Waals surface area contributed by atoms with E-state index in [4.69, 9.17) is 0 Å². The third-order valence-corrected chi connectivity index (χ3v) is 4.02. The van der Waals surface area contributed by atoms with Crippen molar-refractivity contribution in [1.29, 1.82) is 0 Å². The number of likely N-dealkylation sites (tertiary alicyclic amines) is 1. The van der Waals surface area contributed by atoms with Gasteiger partial charge in [-0.15, -0.1) is 0 Å². The number of nitrogens with zero attached hydrogens (tertiary/aromatic N) is 1. The lowest BCUT2D eigenvalue weighted by Crippen LogP contribution is -2.53. The molecule has 1 fully saturated rings. The summed E-state index contributed by atoms with van der Waals surface area (Å²) in [5.41, 5.74) is -0.804. The summed E-state index contributed by atoms with van der Waals surface area (Å²) in [6, 6.07) is 0.320. The monoisotopic (exact) mass is 256 g/mol. The molecule has 0 amide bonds. The van der Waals surface area contributed by atoms with Crippen molar-refractivity contribution in [2.75, 3.05) is 19.6 Å². The van der Waals surface area contributed by atoms with Crippen LogP contribution in [0.3, 0.4) is 0 Å². The van der Waals surface area contributed by atoms with Crippen LogP contribution >= 0.6 is 0 Å². The molecule has 0 aliphatic carbocycles. The number of hydrogen-bond acceptors (Lipinski definition) is 3. The molecule has 18 heavy (non-hydrogen) atoms. The molecule has 2 N–H and O–H groups in total. The van der Waals surface area contributed by atoms with Crippen LogP contribution in [-0.4, -0.2) is 47.2 Å². The molecule has 1 saturated heterocycles. The van der Waals surface area contributed by atoms with E-state index in [9.17, 15) is 9.90 Å². The lowest BCUT2D eigenvalue weighted by Gasteiger charge is -2.33. The molecule has 4 heteroatoms. The van der Waals surface area contributed by atoms with Crippen LogP contribution in [0.1, 0.15) is 47.0 Å². The molecule has 0 aromatic carbocycles. The summed E-state index contributed by atoms with van der Waals surface area (Å²) >= 11 is 0. The van der Waals surface area contributed by atoms with Gasteiger partial charge in [-0.05, 0) is 52.1 Å². The number of rotatable bonds is 7. The van der Waals surface area contributed by atoms with Crippen molar-refractivity contribution in [3.63, 3.8) is 0 Å². The molecule has 0 radical (unpaired) electrons. The summed E-state index contributed by atoms with van der Waals surface area (Å²) in [5, 5.41) is 12.6. The number of aliphatic carboxylic acids is 1. The molecular weight excluding hydrogens is 228 g/mol. The van der Waals surface area contributed by atoms with E-state index in [1.54, 1.807) is 6.92 Å². The quantitative estimate of drug-likeness (QED) is 0.731. The Morgan fingerprint density at radius 3 is 2.72 bits per heavy atom. The number of nitrogens with one attached hydrogen (secondary N) is 1. The SMILES string of the molecule is CCCNC(C)(CC(C)N1CCC(C)C1)C(=O)O. The van der Waals surface area contributed by atoms with Gasteiger partial charge in [-0.3, -0.25) is 4.79 Å². The Kier molecular flexibility index (Phi) is 5.60. The number of carbonyl (C=O) groups is 1. The van der Waals surface area contributed by atoms with Gasteiger partial charge in [0.1, 0.15) is 5.54 Å². The van der Waals surface area contributed by atoms with Crippen LogP contribution in [0, 0.1) is 5.92 Å². The molecule has 0 spiro atoms. The maximum Gasteiger partial charge on any atom is 0.323 e. The van der Waals surface area contributed by atoms with Gasteiger partial charge in [-0.25, -0.2) is 0 Å². The summed E-state index contributed by atoms with van der Waals surface area (Å²) in [6.07, 6.45) is 2.85. The van der Waals surface area contributed by atoms with Crippen molar-refractivity contribution in [2.24, 2.45) is 5.92 Å². The van der Waals surface area contributed by atoms with Gasteiger partial charge in [0.05, 0.1) is 0 Å². The summed E-state index contributed by atoms with van der Waals surface area (Å²) < 4.78 is 0. The maximum atomic E-state index is 11.5. The van der Waals surface area contributed by atoms with Crippen molar-refractivity contribution in [2.45, 2.75) is 58.5 Å². The Bertz CT molecular complexity index is 283. The fraction of sp³-hybridized carbons (Fsp3) is 0.929. The molecule has 1 heterocycles. The van der Waals surface area contributed by atoms with Gasteiger partial charge in [-0.2, -0.15) is 0 Å². The molecule has 0 bridgehead atoms. The standard InChI is InChI=1S/C14H28N2O2/c1-5-7-15-14(4,13(17)18)9-12(3)16-8-6-11(2)10-16/h11-12,15H,5-10H2,1-4H3,(H,17,18).